The van der Waals surface area contributed by atoms with Crippen LogP contribution in [0.1, 0.15) is 25.0 Å². The maximum Gasteiger partial charge on any atom is 0.211 e. The summed E-state index contributed by atoms with van der Waals surface area (Å²) in [5.41, 5.74) is 23.0. The van der Waals surface area contributed by atoms with Gasteiger partial charge >= 0.3 is 0 Å². The lowest BCUT2D eigenvalue weighted by molar-refractivity contribution is 0.474. The molecule has 9 nitrogen and oxygen atoms in total. The molecule has 0 aliphatic carbocycles. The molecular formula is C12H18N8O. The third-order valence-electron chi connectivity index (χ3n) is 2.44. The van der Waals surface area contributed by atoms with Crippen LogP contribution in [0, 0.1) is 0 Å². The van der Waals surface area contributed by atoms with E-state index in [0.717, 1.165) is 0 Å². The van der Waals surface area contributed by atoms with E-state index in [1.165, 1.54) is 6.07 Å². The van der Waals surface area contributed by atoms with Crippen molar-refractivity contribution in [3.05, 3.63) is 29.3 Å². The molecule has 1 aromatic rings. The Bertz CT molecular complexity index is 637. The molecule has 0 unspecified atom stereocenters. The highest BCUT2D eigenvalue weighted by molar-refractivity contribution is 6.05. The molecule has 112 valence electrons. The number of hydrogen-bond donors (Lipinski definition) is 5. The van der Waals surface area contributed by atoms with Gasteiger partial charge in [-0.25, -0.2) is 0 Å². The van der Waals surface area contributed by atoms with E-state index in [2.05, 4.69) is 20.4 Å². The van der Waals surface area contributed by atoms with Gasteiger partial charge in [0.2, 0.25) is 11.9 Å². The van der Waals surface area contributed by atoms with Crippen molar-refractivity contribution in [2.45, 2.75) is 13.8 Å². The smallest absolute Gasteiger partial charge is 0.211 e. The molecule has 0 aliphatic heterocycles. The summed E-state index contributed by atoms with van der Waals surface area (Å²) >= 11 is 0. The quantitative estimate of drug-likeness (QED) is 0.282. The second kappa shape index (κ2) is 6.89. The van der Waals surface area contributed by atoms with Crippen LogP contribution in [0.2, 0.25) is 0 Å². The van der Waals surface area contributed by atoms with E-state index in [4.69, 9.17) is 22.9 Å². The van der Waals surface area contributed by atoms with E-state index in [0.29, 0.717) is 22.6 Å². The summed E-state index contributed by atoms with van der Waals surface area (Å²) < 4.78 is 0. The number of nitrogens with two attached hydrogens (primary N) is 4. The van der Waals surface area contributed by atoms with Gasteiger partial charge in [-0.2, -0.15) is 10.2 Å². The first-order chi connectivity index (χ1) is 9.81. The number of benzene rings is 1. The third kappa shape index (κ3) is 4.82. The molecule has 1 aromatic carbocycles. The van der Waals surface area contributed by atoms with Crippen LogP contribution in [0.25, 0.3) is 0 Å². The predicted molar refractivity (Wildman–Crippen MR) is 84.1 cm³/mol. The molecule has 0 amide bonds. The van der Waals surface area contributed by atoms with E-state index < -0.39 is 0 Å². The monoisotopic (exact) mass is 290 g/mol. The number of nitrogens with zero attached hydrogens (tertiary/aromatic N) is 4. The van der Waals surface area contributed by atoms with Crippen molar-refractivity contribution in [2.24, 2.45) is 43.3 Å². The molecule has 0 spiro atoms. The summed E-state index contributed by atoms with van der Waals surface area (Å²) in [4.78, 5) is 0. The minimum absolute atomic E-state index is 0.0421. The number of aromatic hydroxyl groups is 1. The Labute approximate surface area is 121 Å². The Balaban J connectivity index is 3.22. The fraction of sp³-hybridized carbons (Fsp3) is 0.167. The highest BCUT2D eigenvalue weighted by atomic mass is 16.3. The first-order valence-corrected chi connectivity index (χ1v) is 5.91. The zero-order chi connectivity index (χ0) is 16.0. The van der Waals surface area contributed by atoms with Crippen molar-refractivity contribution in [3.63, 3.8) is 0 Å². The fourth-order valence-electron chi connectivity index (χ4n) is 1.43. The Morgan fingerprint density at radius 2 is 1.38 bits per heavy atom. The highest BCUT2D eigenvalue weighted by Gasteiger charge is 2.08. The van der Waals surface area contributed by atoms with Crippen molar-refractivity contribution in [3.8, 4) is 5.75 Å². The van der Waals surface area contributed by atoms with Crippen molar-refractivity contribution in [1.82, 2.24) is 0 Å². The Morgan fingerprint density at radius 1 is 0.857 bits per heavy atom. The van der Waals surface area contributed by atoms with Crippen molar-refractivity contribution >= 4 is 23.3 Å². The standard InChI is InChI=1S/C12H18N8O/c1-6(17-19-11(13)14)8-3-4-10(21)9(5-8)7(2)18-20-12(15)16/h3-5,21H,1-2H3,(H4,13,14,19)(H4,15,16,20). The normalized spacial score (nSPS) is 11.9. The van der Waals surface area contributed by atoms with Crippen LogP contribution >= 0.6 is 0 Å². The van der Waals surface area contributed by atoms with Gasteiger partial charge in [0.1, 0.15) is 5.75 Å². The Kier molecular flexibility index (Phi) is 5.24. The SMILES string of the molecule is CC(=NN=C(N)N)c1ccc(O)c(C(C)=NN=C(N)N)c1. The minimum atomic E-state index is -0.171. The van der Waals surface area contributed by atoms with Gasteiger partial charge in [-0.05, 0) is 37.6 Å². The molecule has 0 fully saturated rings. The number of phenols is 1. The lowest BCUT2D eigenvalue weighted by Gasteiger charge is -2.06. The van der Waals surface area contributed by atoms with Crippen LogP contribution < -0.4 is 22.9 Å². The maximum absolute atomic E-state index is 9.87. The van der Waals surface area contributed by atoms with E-state index in [-0.39, 0.29) is 17.7 Å². The molecule has 0 bridgehead atoms. The summed E-state index contributed by atoms with van der Waals surface area (Å²) in [6.07, 6.45) is 0. The molecule has 0 saturated heterocycles. The van der Waals surface area contributed by atoms with E-state index in [9.17, 15) is 5.11 Å². The van der Waals surface area contributed by atoms with Gasteiger partial charge in [0.05, 0.1) is 11.4 Å². The van der Waals surface area contributed by atoms with E-state index in [1.54, 1.807) is 26.0 Å². The lowest BCUT2D eigenvalue weighted by atomic mass is 10.0. The second-order valence-corrected chi connectivity index (χ2v) is 4.15. The number of phenolic OH excluding ortho intramolecular Hbond substituents is 1. The molecule has 9 N–H and O–H groups in total. The zero-order valence-electron chi connectivity index (χ0n) is 11.8. The third-order valence-corrected chi connectivity index (χ3v) is 2.44. The van der Waals surface area contributed by atoms with Crippen molar-refractivity contribution in [1.29, 1.82) is 0 Å². The van der Waals surface area contributed by atoms with Crippen LogP contribution in [-0.4, -0.2) is 28.4 Å². The first-order valence-electron chi connectivity index (χ1n) is 5.91. The predicted octanol–water partition coefficient (Wildman–Crippen LogP) is -0.613. The topological polar surface area (TPSA) is 174 Å². The average molecular weight is 290 g/mol. The number of guanidine groups is 2. The molecule has 0 radical (unpaired) electrons. The minimum Gasteiger partial charge on any atom is -0.507 e. The zero-order valence-corrected chi connectivity index (χ0v) is 11.8. The van der Waals surface area contributed by atoms with Gasteiger partial charge in [0, 0.05) is 5.56 Å². The summed E-state index contributed by atoms with van der Waals surface area (Å²) in [6, 6.07) is 4.86. The first kappa shape index (κ1) is 16.0. The van der Waals surface area contributed by atoms with Gasteiger partial charge in [0.25, 0.3) is 0 Å². The van der Waals surface area contributed by atoms with Gasteiger partial charge in [-0.3, -0.25) is 0 Å². The lowest BCUT2D eigenvalue weighted by Crippen LogP contribution is -2.22. The Morgan fingerprint density at radius 3 is 1.90 bits per heavy atom. The maximum atomic E-state index is 9.87. The summed E-state index contributed by atoms with van der Waals surface area (Å²) in [5, 5.41) is 24.7. The average Bonchev–Trinajstić information content (AvgIpc) is 2.42. The van der Waals surface area contributed by atoms with Gasteiger partial charge in [-0.1, -0.05) is 0 Å². The van der Waals surface area contributed by atoms with Crippen LogP contribution in [0.5, 0.6) is 5.75 Å². The molecule has 0 heterocycles. The Hall–Kier alpha value is -3.10. The molecule has 0 saturated carbocycles. The van der Waals surface area contributed by atoms with Crippen LogP contribution in [0.4, 0.5) is 0 Å². The second-order valence-electron chi connectivity index (χ2n) is 4.15. The number of hydrogen-bond acceptors (Lipinski definition) is 5. The van der Waals surface area contributed by atoms with Gasteiger partial charge in [-0.15, -0.1) is 10.2 Å². The molecule has 0 aliphatic rings. The van der Waals surface area contributed by atoms with E-state index >= 15 is 0 Å². The molecule has 0 atom stereocenters. The fourth-order valence-corrected chi connectivity index (χ4v) is 1.43. The molecular weight excluding hydrogens is 272 g/mol. The van der Waals surface area contributed by atoms with Gasteiger partial charge < -0.3 is 28.0 Å². The van der Waals surface area contributed by atoms with Crippen LogP contribution in [-0.2, 0) is 0 Å². The summed E-state index contributed by atoms with van der Waals surface area (Å²) in [7, 11) is 0. The summed E-state index contributed by atoms with van der Waals surface area (Å²) in [6.45, 7) is 3.39. The largest absolute Gasteiger partial charge is 0.507 e. The van der Waals surface area contributed by atoms with Gasteiger partial charge in [0.15, 0.2) is 0 Å². The van der Waals surface area contributed by atoms with E-state index in [1.807, 2.05) is 0 Å². The van der Waals surface area contributed by atoms with Crippen molar-refractivity contribution in [2.75, 3.05) is 0 Å². The summed E-state index contributed by atoms with van der Waals surface area (Å²) in [5.74, 6) is -0.269. The van der Waals surface area contributed by atoms with Crippen LogP contribution in [0.15, 0.2) is 38.6 Å². The highest BCUT2D eigenvalue weighted by Crippen LogP contribution is 2.20. The number of rotatable bonds is 4. The van der Waals surface area contributed by atoms with Crippen LogP contribution in [0.3, 0.4) is 0 Å². The van der Waals surface area contributed by atoms with Crippen molar-refractivity contribution < 1.29 is 5.11 Å². The molecule has 1 rings (SSSR count). The molecule has 9 heteroatoms. The molecule has 0 aromatic heterocycles. The molecule has 21 heavy (non-hydrogen) atoms.